The van der Waals surface area contributed by atoms with Gasteiger partial charge in [0.25, 0.3) is 0 Å². The molecule has 0 N–H and O–H groups in total. The Morgan fingerprint density at radius 1 is 1.29 bits per heavy atom. The third-order valence-corrected chi connectivity index (χ3v) is 2.86. The molecule has 0 saturated carbocycles. The lowest BCUT2D eigenvalue weighted by atomic mass is 10.0. The number of aromatic nitrogens is 2. The van der Waals surface area contributed by atoms with Crippen molar-refractivity contribution >= 4 is 5.97 Å². The molecule has 5 nitrogen and oxygen atoms in total. The monoisotopic (exact) mass is 290 g/mol. The number of benzene rings is 1. The summed E-state index contributed by atoms with van der Waals surface area (Å²) in [6.45, 7) is 3.53. The summed E-state index contributed by atoms with van der Waals surface area (Å²) in [6, 6.07) is 6.14. The van der Waals surface area contributed by atoms with Crippen molar-refractivity contribution in [2.75, 3.05) is 13.7 Å². The normalized spacial score (nSPS) is 10.3. The van der Waals surface area contributed by atoms with Crippen molar-refractivity contribution < 1.29 is 18.7 Å². The molecule has 0 aliphatic heterocycles. The van der Waals surface area contributed by atoms with E-state index in [4.69, 9.17) is 9.47 Å². The Labute approximate surface area is 121 Å². The highest BCUT2D eigenvalue weighted by molar-refractivity contribution is 5.97. The third-order valence-electron chi connectivity index (χ3n) is 2.86. The fourth-order valence-corrected chi connectivity index (χ4v) is 1.93. The highest BCUT2D eigenvalue weighted by atomic mass is 19.1. The van der Waals surface area contributed by atoms with Crippen LogP contribution in [0.15, 0.2) is 24.3 Å². The van der Waals surface area contributed by atoms with E-state index in [1.54, 1.807) is 32.0 Å². The number of methoxy groups -OCH3 is 1. The van der Waals surface area contributed by atoms with E-state index in [0.29, 0.717) is 5.69 Å². The van der Waals surface area contributed by atoms with E-state index in [9.17, 15) is 9.18 Å². The Bertz CT molecular complexity index is 674. The van der Waals surface area contributed by atoms with Crippen LogP contribution in [0, 0.1) is 12.7 Å². The van der Waals surface area contributed by atoms with Crippen LogP contribution in [0.3, 0.4) is 0 Å². The van der Waals surface area contributed by atoms with Crippen molar-refractivity contribution in [3.8, 4) is 17.3 Å². The predicted molar refractivity (Wildman–Crippen MR) is 74.7 cm³/mol. The first-order valence-corrected chi connectivity index (χ1v) is 6.43. The van der Waals surface area contributed by atoms with E-state index in [2.05, 4.69) is 9.97 Å². The molecule has 0 fully saturated rings. The number of aryl methyl sites for hydroxylation is 1. The second-order valence-electron chi connectivity index (χ2n) is 4.22. The first-order chi connectivity index (χ1) is 10.1. The van der Waals surface area contributed by atoms with Crippen LogP contribution in [-0.4, -0.2) is 29.7 Å². The fourth-order valence-electron chi connectivity index (χ4n) is 1.93. The minimum Gasteiger partial charge on any atom is -0.467 e. The van der Waals surface area contributed by atoms with Gasteiger partial charge in [-0.1, -0.05) is 12.1 Å². The average molecular weight is 290 g/mol. The van der Waals surface area contributed by atoms with Gasteiger partial charge in [-0.15, -0.1) is 0 Å². The summed E-state index contributed by atoms with van der Waals surface area (Å²) in [5.41, 5.74) is 0.876. The van der Waals surface area contributed by atoms with Gasteiger partial charge < -0.3 is 9.47 Å². The smallest absolute Gasteiger partial charge is 0.342 e. The Hall–Kier alpha value is -2.50. The van der Waals surface area contributed by atoms with Gasteiger partial charge >= 0.3 is 12.0 Å². The number of hydrogen-bond donors (Lipinski definition) is 0. The summed E-state index contributed by atoms with van der Waals surface area (Å²) in [6.07, 6.45) is 0. The molecule has 0 aliphatic rings. The summed E-state index contributed by atoms with van der Waals surface area (Å²) in [5.74, 6) is -1.07. The molecule has 0 saturated heterocycles. The van der Waals surface area contributed by atoms with E-state index in [0.717, 1.165) is 0 Å². The lowest BCUT2D eigenvalue weighted by Gasteiger charge is -2.12. The molecular weight excluding hydrogens is 275 g/mol. The van der Waals surface area contributed by atoms with Crippen molar-refractivity contribution in [1.29, 1.82) is 0 Å². The van der Waals surface area contributed by atoms with Gasteiger partial charge in [-0.3, -0.25) is 0 Å². The average Bonchev–Trinajstić information content (AvgIpc) is 2.47. The molecular formula is C15H15FN2O3. The minimum absolute atomic E-state index is 0.0683. The largest absolute Gasteiger partial charge is 0.467 e. The summed E-state index contributed by atoms with van der Waals surface area (Å²) in [5, 5.41) is 0. The molecule has 2 rings (SSSR count). The molecule has 6 heteroatoms. The molecule has 0 atom stereocenters. The van der Waals surface area contributed by atoms with Gasteiger partial charge in [-0.05, 0) is 26.0 Å². The van der Waals surface area contributed by atoms with Crippen molar-refractivity contribution in [1.82, 2.24) is 9.97 Å². The van der Waals surface area contributed by atoms with Crippen LogP contribution < -0.4 is 4.74 Å². The molecule has 21 heavy (non-hydrogen) atoms. The van der Waals surface area contributed by atoms with Crippen LogP contribution in [-0.2, 0) is 4.74 Å². The maximum atomic E-state index is 14.0. The van der Waals surface area contributed by atoms with Gasteiger partial charge in [0, 0.05) is 5.56 Å². The Morgan fingerprint density at radius 2 is 2.00 bits per heavy atom. The second kappa shape index (κ2) is 6.30. The van der Waals surface area contributed by atoms with Crippen LogP contribution in [0.5, 0.6) is 6.01 Å². The van der Waals surface area contributed by atoms with Gasteiger partial charge in [0.05, 0.1) is 25.1 Å². The minimum atomic E-state index is -0.587. The second-order valence-corrected chi connectivity index (χ2v) is 4.22. The first-order valence-electron chi connectivity index (χ1n) is 6.43. The zero-order valence-electron chi connectivity index (χ0n) is 12.0. The van der Waals surface area contributed by atoms with E-state index < -0.39 is 11.8 Å². The van der Waals surface area contributed by atoms with Crippen molar-refractivity contribution in [2.45, 2.75) is 13.8 Å². The third kappa shape index (κ3) is 2.99. The van der Waals surface area contributed by atoms with Crippen LogP contribution in [0.1, 0.15) is 23.0 Å². The molecule has 0 radical (unpaired) electrons. The maximum Gasteiger partial charge on any atom is 0.342 e. The van der Waals surface area contributed by atoms with Crippen molar-refractivity contribution in [3.63, 3.8) is 0 Å². The standard InChI is InChI=1S/C15H15FN2O3/c1-4-21-14(19)12-9(2)17-15(20-3)18-13(12)10-7-5-6-8-11(10)16/h5-8H,4H2,1-3H3. The number of nitrogens with zero attached hydrogens (tertiary/aromatic N) is 2. The summed E-state index contributed by atoms with van der Waals surface area (Å²) in [7, 11) is 1.41. The van der Waals surface area contributed by atoms with Crippen LogP contribution in [0.25, 0.3) is 11.3 Å². The number of hydrogen-bond acceptors (Lipinski definition) is 5. The predicted octanol–water partition coefficient (Wildman–Crippen LogP) is 2.78. The zero-order valence-corrected chi connectivity index (χ0v) is 12.0. The van der Waals surface area contributed by atoms with Gasteiger partial charge in [0.1, 0.15) is 11.4 Å². The summed E-state index contributed by atoms with van der Waals surface area (Å²) >= 11 is 0. The van der Waals surface area contributed by atoms with Crippen molar-refractivity contribution in [3.05, 3.63) is 41.3 Å². The van der Waals surface area contributed by atoms with E-state index in [1.165, 1.54) is 13.2 Å². The molecule has 1 heterocycles. The van der Waals surface area contributed by atoms with Gasteiger partial charge in [-0.25, -0.2) is 9.18 Å². The molecule has 0 amide bonds. The number of rotatable bonds is 4. The molecule has 1 aromatic carbocycles. The van der Waals surface area contributed by atoms with E-state index in [1.807, 2.05) is 0 Å². The Kier molecular flexibility index (Phi) is 4.47. The van der Waals surface area contributed by atoms with Crippen LogP contribution in [0.2, 0.25) is 0 Å². The molecule has 1 aromatic heterocycles. The Balaban J connectivity index is 2.70. The Morgan fingerprint density at radius 3 is 2.62 bits per heavy atom. The number of carbonyl (C=O) groups is 1. The number of esters is 1. The van der Waals surface area contributed by atoms with Crippen LogP contribution in [0.4, 0.5) is 4.39 Å². The van der Waals surface area contributed by atoms with Crippen LogP contribution >= 0.6 is 0 Å². The lowest BCUT2D eigenvalue weighted by Crippen LogP contribution is -2.12. The highest BCUT2D eigenvalue weighted by Crippen LogP contribution is 2.28. The zero-order chi connectivity index (χ0) is 15.4. The number of ether oxygens (including phenoxy) is 2. The SMILES string of the molecule is CCOC(=O)c1c(C)nc(OC)nc1-c1ccccc1F. The molecule has 110 valence electrons. The molecule has 0 aliphatic carbocycles. The number of carbonyl (C=O) groups excluding carboxylic acids is 1. The quantitative estimate of drug-likeness (QED) is 0.810. The fraction of sp³-hybridized carbons (Fsp3) is 0.267. The highest BCUT2D eigenvalue weighted by Gasteiger charge is 2.23. The molecule has 2 aromatic rings. The van der Waals surface area contributed by atoms with Gasteiger partial charge in [-0.2, -0.15) is 9.97 Å². The van der Waals surface area contributed by atoms with E-state index >= 15 is 0 Å². The molecule has 0 unspecified atom stereocenters. The maximum absolute atomic E-state index is 14.0. The number of halogens is 1. The lowest BCUT2D eigenvalue weighted by molar-refractivity contribution is 0.0525. The summed E-state index contributed by atoms with van der Waals surface area (Å²) in [4.78, 5) is 20.3. The topological polar surface area (TPSA) is 61.3 Å². The molecule has 0 bridgehead atoms. The first kappa shape index (κ1) is 14.9. The summed E-state index contributed by atoms with van der Waals surface area (Å²) < 4.78 is 24.0. The van der Waals surface area contributed by atoms with Gasteiger partial charge in [0.15, 0.2) is 0 Å². The van der Waals surface area contributed by atoms with Gasteiger partial charge in [0.2, 0.25) is 0 Å². The van der Waals surface area contributed by atoms with Crippen molar-refractivity contribution in [2.24, 2.45) is 0 Å². The molecule has 0 spiro atoms. The van der Waals surface area contributed by atoms with E-state index in [-0.39, 0.29) is 29.4 Å².